The summed E-state index contributed by atoms with van der Waals surface area (Å²) in [5.74, 6) is 0. The van der Waals surface area contributed by atoms with Gasteiger partial charge in [-0.15, -0.1) is 23.1 Å². The Morgan fingerprint density at radius 1 is 1.18 bits per heavy atom. The molecule has 2 aromatic heterocycles. The molecule has 1 aliphatic heterocycles. The second-order valence-corrected chi connectivity index (χ2v) is 10.8. The van der Waals surface area contributed by atoms with Gasteiger partial charge in [-0.1, -0.05) is 12.1 Å². The van der Waals surface area contributed by atoms with E-state index >= 15 is 0 Å². The molecule has 5 rings (SSSR count). The molecule has 7 heteroatoms. The van der Waals surface area contributed by atoms with Crippen molar-refractivity contribution >= 4 is 29.1 Å². The molecule has 2 amide bonds. The normalized spacial score (nSPS) is 17.0. The Hall–Kier alpha value is -2.22. The highest BCUT2D eigenvalue weighted by molar-refractivity contribution is 7.98. The Balaban J connectivity index is 1.54. The zero-order valence-electron chi connectivity index (χ0n) is 20.0. The van der Waals surface area contributed by atoms with E-state index in [2.05, 4.69) is 58.7 Å². The second kappa shape index (κ2) is 10.6. The first kappa shape index (κ1) is 23.5. The number of carbonyl (C=O) groups excluding carboxylic acids is 1. The quantitative estimate of drug-likeness (QED) is 0.314. The fourth-order valence-electron chi connectivity index (χ4n) is 5.14. The molecule has 2 aliphatic rings. The van der Waals surface area contributed by atoms with E-state index in [4.69, 9.17) is 4.74 Å². The van der Waals surface area contributed by atoms with Crippen molar-refractivity contribution in [3.05, 3.63) is 69.9 Å². The topological polar surface area (TPSA) is 46.5 Å². The van der Waals surface area contributed by atoms with E-state index in [-0.39, 0.29) is 12.1 Å². The molecule has 0 saturated heterocycles. The molecule has 0 radical (unpaired) electrons. The van der Waals surface area contributed by atoms with Gasteiger partial charge >= 0.3 is 6.03 Å². The molecule has 5 nitrogen and oxygen atoms in total. The Morgan fingerprint density at radius 3 is 2.79 bits per heavy atom. The lowest BCUT2D eigenvalue weighted by Crippen LogP contribution is -2.42. The van der Waals surface area contributed by atoms with Crippen molar-refractivity contribution in [1.82, 2.24) is 14.8 Å². The number of hydrogen-bond acceptors (Lipinski definition) is 4. The standard InChI is InChI=1S/C27H33N3O2S2/c1-3-32-17-7-15-28-27(31)30-18-22-21-8-4-5-10-24(21)34-26(22)29-16-6-9-23(29)25(30)19-11-13-20(33-2)14-12-19/h6,9,11-14,16,25H,3-5,7-8,10,15,17-18H2,1-2H3,(H,28,31)/t25-/m0/s1. The molecular weight excluding hydrogens is 462 g/mol. The summed E-state index contributed by atoms with van der Waals surface area (Å²) < 4.78 is 7.80. The summed E-state index contributed by atoms with van der Waals surface area (Å²) in [6.45, 7) is 4.62. The minimum absolute atomic E-state index is 0.00759. The molecular formula is C27H33N3O2S2. The molecule has 0 spiro atoms. The zero-order valence-corrected chi connectivity index (χ0v) is 21.6. The fourth-order valence-corrected chi connectivity index (χ4v) is 6.95. The van der Waals surface area contributed by atoms with Crippen molar-refractivity contribution in [3.8, 4) is 5.00 Å². The first-order chi connectivity index (χ1) is 16.7. The number of thiophene rings is 1. The van der Waals surface area contributed by atoms with Gasteiger partial charge in [0.1, 0.15) is 5.00 Å². The van der Waals surface area contributed by atoms with Crippen molar-refractivity contribution in [2.24, 2.45) is 0 Å². The molecule has 3 heterocycles. The number of urea groups is 1. The van der Waals surface area contributed by atoms with Crippen LogP contribution in [0.2, 0.25) is 0 Å². The van der Waals surface area contributed by atoms with Gasteiger partial charge in [0, 0.05) is 41.3 Å². The number of amides is 2. The third kappa shape index (κ3) is 4.53. The number of aryl methyl sites for hydroxylation is 1. The summed E-state index contributed by atoms with van der Waals surface area (Å²) in [6.07, 6.45) is 9.85. The highest BCUT2D eigenvalue weighted by atomic mass is 32.2. The summed E-state index contributed by atoms with van der Waals surface area (Å²) in [5.41, 5.74) is 5.12. The van der Waals surface area contributed by atoms with E-state index in [9.17, 15) is 4.79 Å². The van der Waals surface area contributed by atoms with Crippen molar-refractivity contribution in [3.63, 3.8) is 0 Å². The van der Waals surface area contributed by atoms with Gasteiger partial charge in [-0.2, -0.15) is 0 Å². The van der Waals surface area contributed by atoms with Gasteiger partial charge in [-0.3, -0.25) is 0 Å². The highest BCUT2D eigenvalue weighted by Gasteiger charge is 2.35. The summed E-state index contributed by atoms with van der Waals surface area (Å²) in [7, 11) is 0. The Bertz CT molecular complexity index is 1140. The smallest absolute Gasteiger partial charge is 0.318 e. The lowest BCUT2D eigenvalue weighted by molar-refractivity contribution is 0.143. The van der Waals surface area contributed by atoms with E-state index in [0.717, 1.165) is 30.5 Å². The number of rotatable bonds is 7. The van der Waals surface area contributed by atoms with Crippen LogP contribution in [0.5, 0.6) is 0 Å². The predicted octanol–water partition coefficient (Wildman–Crippen LogP) is 6.18. The Labute approximate surface area is 210 Å². The van der Waals surface area contributed by atoms with Crippen LogP contribution in [-0.4, -0.2) is 41.5 Å². The average Bonchev–Trinajstić information content (AvgIpc) is 3.46. The van der Waals surface area contributed by atoms with E-state index in [1.54, 1.807) is 11.8 Å². The van der Waals surface area contributed by atoms with Crippen LogP contribution < -0.4 is 5.32 Å². The fraction of sp³-hybridized carbons (Fsp3) is 0.444. The number of aromatic nitrogens is 1. The molecule has 1 N–H and O–H groups in total. The number of benzene rings is 1. The van der Waals surface area contributed by atoms with Gasteiger partial charge in [0.25, 0.3) is 0 Å². The van der Waals surface area contributed by atoms with E-state index in [1.165, 1.54) is 38.7 Å². The minimum atomic E-state index is -0.142. The highest BCUT2D eigenvalue weighted by Crippen LogP contribution is 2.44. The number of hydrogen-bond donors (Lipinski definition) is 1. The van der Waals surface area contributed by atoms with Crippen LogP contribution in [0, 0.1) is 0 Å². The summed E-state index contributed by atoms with van der Waals surface area (Å²) in [6, 6.07) is 12.8. The maximum absolute atomic E-state index is 13.7. The minimum Gasteiger partial charge on any atom is -0.382 e. The molecule has 0 fully saturated rings. The van der Waals surface area contributed by atoms with E-state index in [0.29, 0.717) is 26.3 Å². The summed E-state index contributed by atoms with van der Waals surface area (Å²) in [4.78, 5) is 18.5. The molecule has 1 aliphatic carbocycles. The summed E-state index contributed by atoms with van der Waals surface area (Å²) >= 11 is 3.67. The van der Waals surface area contributed by atoms with Gasteiger partial charge in [0.05, 0.1) is 18.3 Å². The lowest BCUT2D eigenvalue weighted by Gasteiger charge is -2.31. The largest absolute Gasteiger partial charge is 0.382 e. The maximum Gasteiger partial charge on any atom is 0.318 e. The van der Waals surface area contributed by atoms with Crippen LogP contribution in [-0.2, 0) is 24.1 Å². The third-order valence-corrected chi connectivity index (χ3v) is 8.89. The predicted molar refractivity (Wildman–Crippen MR) is 140 cm³/mol. The Kier molecular flexibility index (Phi) is 7.32. The maximum atomic E-state index is 13.7. The average molecular weight is 496 g/mol. The SMILES string of the molecule is CCOCCCNC(=O)N1Cc2c(sc3c2CCCC3)-n2cccc2[C@@H]1c1ccc(SC)cc1. The van der Waals surface area contributed by atoms with Crippen LogP contribution in [0.1, 0.15) is 59.5 Å². The van der Waals surface area contributed by atoms with Crippen molar-refractivity contribution in [2.45, 2.75) is 56.5 Å². The Morgan fingerprint density at radius 2 is 2.00 bits per heavy atom. The molecule has 1 atom stereocenters. The molecule has 0 bridgehead atoms. The van der Waals surface area contributed by atoms with E-state index < -0.39 is 0 Å². The molecule has 3 aromatic rings. The first-order valence-electron chi connectivity index (χ1n) is 12.3. The third-order valence-electron chi connectivity index (χ3n) is 6.82. The number of nitrogens with zero attached hydrogens (tertiary/aromatic N) is 2. The van der Waals surface area contributed by atoms with Crippen molar-refractivity contribution in [2.75, 3.05) is 26.0 Å². The number of ether oxygens (including phenoxy) is 1. The summed E-state index contributed by atoms with van der Waals surface area (Å²) in [5, 5.41) is 4.48. The van der Waals surface area contributed by atoms with E-state index in [1.807, 2.05) is 23.2 Å². The molecule has 180 valence electrons. The van der Waals surface area contributed by atoms with Crippen LogP contribution >= 0.6 is 23.1 Å². The second-order valence-electron chi connectivity index (χ2n) is 8.88. The van der Waals surface area contributed by atoms with Crippen LogP contribution in [0.25, 0.3) is 5.00 Å². The molecule has 1 aromatic carbocycles. The lowest BCUT2D eigenvalue weighted by atomic mass is 9.95. The number of nitrogens with one attached hydrogen (secondary N) is 1. The van der Waals surface area contributed by atoms with Crippen LogP contribution in [0.3, 0.4) is 0 Å². The molecule has 34 heavy (non-hydrogen) atoms. The van der Waals surface area contributed by atoms with Gasteiger partial charge in [-0.05, 0) is 80.7 Å². The van der Waals surface area contributed by atoms with Gasteiger partial charge < -0.3 is 19.5 Å². The monoisotopic (exact) mass is 495 g/mol. The van der Waals surface area contributed by atoms with Gasteiger partial charge in [0.15, 0.2) is 0 Å². The van der Waals surface area contributed by atoms with Crippen molar-refractivity contribution < 1.29 is 9.53 Å². The van der Waals surface area contributed by atoms with Gasteiger partial charge in [-0.25, -0.2) is 4.79 Å². The van der Waals surface area contributed by atoms with Gasteiger partial charge in [0.2, 0.25) is 0 Å². The van der Waals surface area contributed by atoms with Crippen LogP contribution in [0.15, 0.2) is 47.5 Å². The van der Waals surface area contributed by atoms with Crippen molar-refractivity contribution in [1.29, 1.82) is 0 Å². The number of thioether (sulfide) groups is 1. The zero-order chi connectivity index (χ0) is 23.5. The first-order valence-corrected chi connectivity index (χ1v) is 14.3. The van der Waals surface area contributed by atoms with Crippen LogP contribution in [0.4, 0.5) is 4.79 Å². The molecule has 0 unspecified atom stereocenters. The number of carbonyl (C=O) groups is 1. The number of fused-ring (bicyclic) bond motifs is 5. The molecule has 0 saturated carbocycles.